The molecule has 1 aliphatic heterocycles. The fourth-order valence-corrected chi connectivity index (χ4v) is 2.99. The summed E-state index contributed by atoms with van der Waals surface area (Å²) in [6.45, 7) is 16.4. The second-order valence-electron chi connectivity index (χ2n) is 8.27. The van der Waals surface area contributed by atoms with Crippen LogP contribution in [0.5, 0.6) is 0 Å². The van der Waals surface area contributed by atoms with E-state index in [9.17, 15) is 4.79 Å². The molecule has 1 fully saturated rings. The molecule has 27 heavy (non-hydrogen) atoms. The monoisotopic (exact) mass is 373 g/mol. The molecule has 1 aromatic carbocycles. The zero-order valence-corrected chi connectivity index (χ0v) is 18.3. The smallest absolute Gasteiger partial charge is 0.210 e. The van der Waals surface area contributed by atoms with Gasteiger partial charge in [0.1, 0.15) is 0 Å². The van der Waals surface area contributed by atoms with Crippen molar-refractivity contribution in [1.29, 1.82) is 0 Å². The van der Waals surface area contributed by atoms with Gasteiger partial charge in [0.15, 0.2) is 6.29 Å². The van der Waals surface area contributed by atoms with Crippen LogP contribution in [0.3, 0.4) is 0 Å². The van der Waals surface area contributed by atoms with E-state index in [-0.39, 0.29) is 17.8 Å². The highest BCUT2D eigenvalue weighted by atomic mass is 16.7. The highest BCUT2D eigenvalue weighted by Crippen LogP contribution is 2.28. The predicted octanol–water partition coefficient (Wildman–Crippen LogP) is 5.76. The van der Waals surface area contributed by atoms with Gasteiger partial charge in [0, 0.05) is 5.56 Å². The first kappa shape index (κ1) is 23.9. The molecular weight excluding hydrogens is 335 g/mol. The van der Waals surface area contributed by atoms with Crippen LogP contribution in [0.15, 0.2) is 24.3 Å². The van der Waals surface area contributed by atoms with Crippen LogP contribution in [0.1, 0.15) is 84.5 Å². The molecule has 2 rings (SSSR count). The van der Waals surface area contributed by atoms with Crippen LogP contribution in [-0.4, -0.2) is 26.2 Å². The highest BCUT2D eigenvalue weighted by molar-refractivity contribution is 6.74. The van der Waals surface area contributed by atoms with Gasteiger partial charge >= 0.3 is 0 Å². The van der Waals surface area contributed by atoms with Gasteiger partial charge in [0.2, 0.25) is 7.28 Å². The topological polar surface area (TPSA) is 35.5 Å². The van der Waals surface area contributed by atoms with Crippen molar-refractivity contribution in [3.8, 4) is 0 Å². The van der Waals surface area contributed by atoms with Crippen LogP contribution in [0.4, 0.5) is 0 Å². The second kappa shape index (κ2) is 12.4. The molecule has 1 heterocycles. The lowest BCUT2D eigenvalue weighted by Crippen LogP contribution is -2.22. The van der Waals surface area contributed by atoms with Gasteiger partial charge in [-0.25, -0.2) is 0 Å². The van der Waals surface area contributed by atoms with Crippen LogP contribution in [0.25, 0.3) is 0 Å². The van der Waals surface area contributed by atoms with E-state index in [4.69, 9.17) is 9.47 Å². The minimum atomic E-state index is -0.270. The van der Waals surface area contributed by atoms with E-state index in [1.54, 1.807) is 14.2 Å². The third-order valence-corrected chi connectivity index (χ3v) is 5.31. The molecule has 3 nitrogen and oxygen atoms in total. The SMILES string of the molecule is CC(=O)[B]C(c1cccc(C2OCCCO2)c1)C(C)C.CCC(C)C(C)C. The molecule has 0 spiro atoms. The Kier molecular flexibility index (Phi) is 10.9. The molecule has 1 saturated heterocycles. The van der Waals surface area contributed by atoms with E-state index in [2.05, 4.69) is 53.7 Å². The second-order valence-corrected chi connectivity index (χ2v) is 8.27. The van der Waals surface area contributed by atoms with Gasteiger partial charge in [-0.15, -0.1) is 0 Å². The highest BCUT2D eigenvalue weighted by Gasteiger charge is 2.22. The summed E-state index contributed by atoms with van der Waals surface area (Å²) >= 11 is 0. The molecule has 0 bridgehead atoms. The van der Waals surface area contributed by atoms with Crippen molar-refractivity contribution in [1.82, 2.24) is 0 Å². The molecule has 0 aliphatic carbocycles. The Balaban J connectivity index is 0.000000445. The van der Waals surface area contributed by atoms with E-state index < -0.39 is 0 Å². The fourth-order valence-electron chi connectivity index (χ4n) is 2.99. The number of rotatable bonds is 7. The first-order valence-corrected chi connectivity index (χ1v) is 10.4. The lowest BCUT2D eigenvalue weighted by atomic mass is 9.55. The molecule has 0 aromatic heterocycles. The lowest BCUT2D eigenvalue weighted by molar-refractivity contribution is -0.183. The number of ether oxygens (including phenoxy) is 2. The molecule has 0 amide bonds. The van der Waals surface area contributed by atoms with Crippen LogP contribution in [0, 0.1) is 17.8 Å². The van der Waals surface area contributed by atoms with Gasteiger partial charge in [-0.3, -0.25) is 0 Å². The van der Waals surface area contributed by atoms with Crippen LogP contribution < -0.4 is 0 Å². The largest absolute Gasteiger partial charge is 0.348 e. The van der Waals surface area contributed by atoms with E-state index in [0.29, 0.717) is 5.92 Å². The number of benzene rings is 1. The molecule has 1 aromatic rings. The average molecular weight is 373 g/mol. The Hall–Kier alpha value is -1.13. The summed E-state index contributed by atoms with van der Waals surface area (Å²) in [7, 11) is 1.80. The normalized spacial score (nSPS) is 17.2. The van der Waals surface area contributed by atoms with Gasteiger partial charge in [0.25, 0.3) is 0 Å². The zero-order valence-electron chi connectivity index (χ0n) is 18.3. The van der Waals surface area contributed by atoms with E-state index >= 15 is 0 Å². The van der Waals surface area contributed by atoms with Gasteiger partial charge < -0.3 is 14.3 Å². The molecule has 151 valence electrons. The van der Waals surface area contributed by atoms with Crippen molar-refractivity contribution in [3.63, 3.8) is 0 Å². The molecular formula is C23H38BO3. The number of hydrogen-bond acceptors (Lipinski definition) is 3. The van der Waals surface area contributed by atoms with Crippen molar-refractivity contribution >= 4 is 13.0 Å². The molecule has 0 saturated carbocycles. The third-order valence-electron chi connectivity index (χ3n) is 5.31. The first-order valence-electron chi connectivity index (χ1n) is 10.4. The molecule has 0 N–H and O–H groups in total. The maximum Gasteiger partial charge on any atom is 0.210 e. The average Bonchev–Trinajstić information content (AvgIpc) is 2.66. The Bertz CT molecular complexity index is 550. The summed E-state index contributed by atoms with van der Waals surface area (Å²) < 4.78 is 11.3. The summed E-state index contributed by atoms with van der Waals surface area (Å²) in [5, 5.41) is 0. The van der Waals surface area contributed by atoms with E-state index in [1.807, 2.05) is 12.1 Å². The summed E-state index contributed by atoms with van der Waals surface area (Å²) in [5.41, 5.74) is 2.29. The maximum absolute atomic E-state index is 11.4. The lowest BCUT2D eigenvalue weighted by Gasteiger charge is -2.25. The minimum Gasteiger partial charge on any atom is -0.348 e. The van der Waals surface area contributed by atoms with Gasteiger partial charge in [-0.1, -0.05) is 77.8 Å². The summed E-state index contributed by atoms with van der Waals surface area (Å²) in [6, 6.07) is 8.19. The van der Waals surface area contributed by atoms with Crippen LogP contribution >= 0.6 is 0 Å². The van der Waals surface area contributed by atoms with Crippen molar-refractivity contribution in [2.24, 2.45) is 17.8 Å². The zero-order chi connectivity index (χ0) is 20.4. The van der Waals surface area contributed by atoms with Gasteiger partial charge in [-0.2, -0.15) is 0 Å². The standard InChI is InChI=1S/C16H22BO3.C7H16/c1-11(2)15(17-12(3)18)13-6-4-7-14(10-13)16-19-8-5-9-20-16;1-5-7(4)6(2)3/h4,6-7,10-11,15-16H,5,8-9H2,1-3H3;6-7H,5H2,1-4H3. The van der Waals surface area contributed by atoms with Crippen LogP contribution in [0.2, 0.25) is 0 Å². The van der Waals surface area contributed by atoms with Gasteiger partial charge in [-0.05, 0) is 36.9 Å². The molecule has 4 heteroatoms. The minimum absolute atomic E-state index is 0.110. The Morgan fingerprint density at radius 1 is 1.11 bits per heavy atom. The fraction of sp³-hybridized carbons (Fsp3) is 0.696. The quantitative estimate of drug-likeness (QED) is 0.570. The summed E-state index contributed by atoms with van der Waals surface area (Å²) in [6.07, 6.45) is 1.99. The molecule has 1 aliphatic rings. The summed E-state index contributed by atoms with van der Waals surface area (Å²) in [5.74, 6) is 2.28. The third kappa shape index (κ3) is 8.61. The van der Waals surface area contributed by atoms with E-state index in [0.717, 1.165) is 42.6 Å². The number of carbonyl (C=O) groups excluding carboxylic acids is 1. The molecule has 2 unspecified atom stereocenters. The number of hydrogen-bond donors (Lipinski definition) is 0. The molecule has 2 atom stereocenters. The Labute approximate surface area is 167 Å². The first-order chi connectivity index (χ1) is 12.8. The van der Waals surface area contributed by atoms with Crippen molar-refractivity contribution in [2.75, 3.05) is 13.2 Å². The van der Waals surface area contributed by atoms with E-state index in [1.165, 1.54) is 6.42 Å². The van der Waals surface area contributed by atoms with Crippen molar-refractivity contribution < 1.29 is 14.3 Å². The molecule has 1 radical (unpaired) electrons. The maximum atomic E-state index is 11.4. The predicted molar refractivity (Wildman–Crippen MR) is 114 cm³/mol. The Morgan fingerprint density at radius 2 is 1.74 bits per heavy atom. The van der Waals surface area contributed by atoms with Crippen molar-refractivity contribution in [3.05, 3.63) is 35.4 Å². The Morgan fingerprint density at radius 3 is 2.19 bits per heavy atom. The summed E-state index contributed by atoms with van der Waals surface area (Å²) in [4.78, 5) is 11.4. The van der Waals surface area contributed by atoms with Crippen molar-refractivity contribution in [2.45, 2.75) is 73.4 Å². The van der Waals surface area contributed by atoms with Crippen LogP contribution in [-0.2, 0) is 14.3 Å². The van der Waals surface area contributed by atoms with Gasteiger partial charge in [0.05, 0.1) is 18.9 Å². The number of carbonyl (C=O) groups is 1.